The lowest BCUT2D eigenvalue weighted by molar-refractivity contribution is 0.0130. The van der Waals surface area contributed by atoms with E-state index in [1.54, 1.807) is 17.0 Å². The minimum Gasteiger partial charge on any atom is -0.378 e. The fourth-order valence-electron chi connectivity index (χ4n) is 4.34. The Labute approximate surface area is 194 Å². The highest BCUT2D eigenvalue weighted by molar-refractivity contribution is 5.89. The Morgan fingerprint density at radius 1 is 0.969 bits per heavy atom. The molecule has 1 aliphatic carbocycles. The van der Waals surface area contributed by atoms with Crippen LogP contribution in [0.25, 0.3) is 0 Å². The summed E-state index contributed by atoms with van der Waals surface area (Å²) in [6, 6.07) is 5.95. The summed E-state index contributed by atoms with van der Waals surface area (Å²) in [5.74, 6) is -0.305. The smallest absolute Gasteiger partial charge is 0.321 e. The van der Waals surface area contributed by atoms with Crippen LogP contribution in [0.3, 0.4) is 0 Å². The number of ether oxygens (including phenoxy) is 1. The molecule has 2 rings (SSSR count). The summed E-state index contributed by atoms with van der Waals surface area (Å²) in [5.41, 5.74) is 0.614. The van der Waals surface area contributed by atoms with E-state index in [4.69, 9.17) is 4.74 Å². The molecule has 0 atom stereocenters. The van der Waals surface area contributed by atoms with Crippen LogP contribution >= 0.6 is 0 Å². The van der Waals surface area contributed by atoms with Crippen LogP contribution in [0.2, 0.25) is 0 Å². The van der Waals surface area contributed by atoms with E-state index in [-0.39, 0.29) is 17.9 Å². The Kier molecular flexibility index (Phi) is 12.7. The van der Waals surface area contributed by atoms with E-state index < -0.39 is 0 Å². The van der Waals surface area contributed by atoms with Gasteiger partial charge in [0.15, 0.2) is 0 Å². The van der Waals surface area contributed by atoms with Crippen molar-refractivity contribution in [3.05, 3.63) is 30.1 Å². The molecule has 0 aromatic heterocycles. The van der Waals surface area contributed by atoms with Gasteiger partial charge in [-0.05, 0) is 89.3 Å². The van der Waals surface area contributed by atoms with E-state index in [2.05, 4.69) is 24.2 Å². The first kappa shape index (κ1) is 26.6. The molecule has 1 fully saturated rings. The molecule has 1 aliphatic rings. The number of hydrogen-bond acceptors (Lipinski definition) is 3. The van der Waals surface area contributed by atoms with E-state index in [0.29, 0.717) is 11.8 Å². The summed E-state index contributed by atoms with van der Waals surface area (Å²) in [7, 11) is 4.07. The number of urea groups is 1. The molecule has 1 N–H and O–H groups in total. The van der Waals surface area contributed by atoms with Crippen LogP contribution in [0.1, 0.15) is 77.6 Å². The van der Waals surface area contributed by atoms with E-state index in [9.17, 15) is 9.18 Å². The van der Waals surface area contributed by atoms with Gasteiger partial charge in [-0.25, -0.2) is 9.18 Å². The van der Waals surface area contributed by atoms with Gasteiger partial charge >= 0.3 is 6.03 Å². The van der Waals surface area contributed by atoms with Crippen molar-refractivity contribution >= 4 is 11.7 Å². The predicted molar refractivity (Wildman–Crippen MR) is 131 cm³/mol. The van der Waals surface area contributed by atoms with Crippen molar-refractivity contribution in [2.45, 2.75) is 89.7 Å². The molecule has 0 radical (unpaired) electrons. The Balaban J connectivity index is 1.50. The molecule has 0 saturated heterocycles. The maximum Gasteiger partial charge on any atom is 0.321 e. The summed E-state index contributed by atoms with van der Waals surface area (Å²) in [5, 5.41) is 2.84. The SMILES string of the molecule is CCCCCN(C)CCCCCCOC1CCC(N(C)C(=O)Nc2ccc(F)cc2)CC1. The van der Waals surface area contributed by atoms with Gasteiger partial charge in [-0.1, -0.05) is 32.6 Å². The quantitative estimate of drug-likeness (QED) is 0.339. The van der Waals surface area contributed by atoms with Gasteiger partial charge in [0, 0.05) is 25.4 Å². The van der Waals surface area contributed by atoms with Crippen LogP contribution in [0, 0.1) is 5.82 Å². The van der Waals surface area contributed by atoms with E-state index in [0.717, 1.165) is 38.7 Å². The molecular formula is C26H44FN3O2. The molecule has 0 spiro atoms. The van der Waals surface area contributed by atoms with Crippen molar-refractivity contribution in [1.29, 1.82) is 0 Å². The number of nitrogens with zero attached hydrogens (tertiary/aromatic N) is 2. The second-order valence-electron chi connectivity index (χ2n) is 9.27. The normalized spacial score (nSPS) is 18.7. The van der Waals surface area contributed by atoms with Crippen LogP contribution in [-0.2, 0) is 4.74 Å². The number of halogens is 1. The number of unbranched alkanes of at least 4 members (excludes halogenated alkanes) is 5. The lowest BCUT2D eigenvalue weighted by Gasteiger charge is -2.34. The van der Waals surface area contributed by atoms with Gasteiger partial charge in [-0.3, -0.25) is 0 Å². The van der Waals surface area contributed by atoms with Crippen LogP contribution < -0.4 is 5.32 Å². The molecule has 0 bridgehead atoms. The van der Waals surface area contributed by atoms with Crippen LogP contribution in [0.4, 0.5) is 14.9 Å². The Morgan fingerprint density at radius 3 is 2.25 bits per heavy atom. The number of anilines is 1. The van der Waals surface area contributed by atoms with E-state index >= 15 is 0 Å². The molecule has 182 valence electrons. The van der Waals surface area contributed by atoms with Gasteiger partial charge in [0.2, 0.25) is 0 Å². The van der Waals surface area contributed by atoms with E-state index in [1.165, 1.54) is 63.7 Å². The van der Waals surface area contributed by atoms with Gasteiger partial charge in [0.25, 0.3) is 0 Å². The highest BCUT2D eigenvalue weighted by Crippen LogP contribution is 2.25. The first-order valence-corrected chi connectivity index (χ1v) is 12.6. The van der Waals surface area contributed by atoms with Crippen molar-refractivity contribution < 1.29 is 13.9 Å². The zero-order chi connectivity index (χ0) is 23.2. The van der Waals surface area contributed by atoms with Crippen molar-refractivity contribution in [2.75, 3.05) is 39.1 Å². The van der Waals surface area contributed by atoms with Crippen molar-refractivity contribution in [3.8, 4) is 0 Å². The van der Waals surface area contributed by atoms with Crippen molar-refractivity contribution in [3.63, 3.8) is 0 Å². The average molecular weight is 450 g/mol. The van der Waals surface area contributed by atoms with Gasteiger partial charge in [-0.15, -0.1) is 0 Å². The number of carbonyl (C=O) groups excluding carboxylic acids is 1. The fourth-order valence-corrected chi connectivity index (χ4v) is 4.34. The minimum absolute atomic E-state index is 0.142. The zero-order valence-corrected chi connectivity index (χ0v) is 20.5. The first-order valence-electron chi connectivity index (χ1n) is 12.6. The van der Waals surface area contributed by atoms with Gasteiger partial charge < -0.3 is 19.9 Å². The fraction of sp³-hybridized carbons (Fsp3) is 0.731. The molecule has 5 nitrogen and oxygen atoms in total. The van der Waals surface area contributed by atoms with E-state index in [1.807, 2.05) is 7.05 Å². The third-order valence-corrected chi connectivity index (χ3v) is 6.54. The lowest BCUT2D eigenvalue weighted by Crippen LogP contribution is -2.42. The molecule has 6 heteroatoms. The maximum atomic E-state index is 13.0. The highest BCUT2D eigenvalue weighted by Gasteiger charge is 2.27. The number of carbonyl (C=O) groups is 1. The highest BCUT2D eigenvalue weighted by atomic mass is 19.1. The molecule has 1 aromatic rings. The third kappa shape index (κ3) is 10.3. The molecule has 2 amide bonds. The minimum atomic E-state index is -0.305. The average Bonchev–Trinajstić information content (AvgIpc) is 2.80. The molecule has 32 heavy (non-hydrogen) atoms. The number of hydrogen-bond donors (Lipinski definition) is 1. The van der Waals surface area contributed by atoms with Crippen molar-refractivity contribution in [1.82, 2.24) is 9.80 Å². The number of benzene rings is 1. The second kappa shape index (κ2) is 15.2. The van der Waals surface area contributed by atoms with Crippen LogP contribution in [-0.4, -0.2) is 61.8 Å². The lowest BCUT2D eigenvalue weighted by atomic mass is 9.92. The predicted octanol–water partition coefficient (Wildman–Crippen LogP) is 6.30. The maximum absolute atomic E-state index is 13.0. The summed E-state index contributed by atoms with van der Waals surface area (Å²) in [6.45, 7) is 5.53. The van der Waals surface area contributed by atoms with Gasteiger partial charge in [-0.2, -0.15) is 0 Å². The molecule has 1 aromatic carbocycles. The number of nitrogens with one attached hydrogen (secondary N) is 1. The number of amides is 2. The van der Waals surface area contributed by atoms with Crippen molar-refractivity contribution in [2.24, 2.45) is 0 Å². The zero-order valence-electron chi connectivity index (χ0n) is 20.5. The third-order valence-electron chi connectivity index (χ3n) is 6.54. The Morgan fingerprint density at radius 2 is 1.59 bits per heavy atom. The Hall–Kier alpha value is -1.66. The molecular weight excluding hydrogens is 405 g/mol. The largest absolute Gasteiger partial charge is 0.378 e. The van der Waals surface area contributed by atoms with Gasteiger partial charge in [0.1, 0.15) is 5.82 Å². The van der Waals surface area contributed by atoms with Crippen LogP contribution in [0.15, 0.2) is 24.3 Å². The molecule has 1 saturated carbocycles. The monoisotopic (exact) mass is 449 g/mol. The van der Waals surface area contributed by atoms with Gasteiger partial charge in [0.05, 0.1) is 6.10 Å². The summed E-state index contributed by atoms with van der Waals surface area (Å²) >= 11 is 0. The van der Waals surface area contributed by atoms with Crippen LogP contribution in [0.5, 0.6) is 0 Å². The summed E-state index contributed by atoms with van der Waals surface area (Å²) in [6.07, 6.45) is 13.1. The standard InChI is InChI=1S/C26H44FN3O2/c1-4-5-8-19-29(2)20-9-6-7-10-21-32-25-17-15-24(16-18-25)30(3)26(31)28-23-13-11-22(27)12-14-23/h11-14,24-25H,4-10,15-21H2,1-3H3,(H,28,31). The molecule has 0 unspecified atom stereocenters. The second-order valence-corrected chi connectivity index (χ2v) is 9.27. The number of rotatable bonds is 14. The topological polar surface area (TPSA) is 44.8 Å². The summed E-state index contributed by atoms with van der Waals surface area (Å²) in [4.78, 5) is 16.7. The summed E-state index contributed by atoms with van der Waals surface area (Å²) < 4.78 is 19.1. The molecule has 0 heterocycles. The Bertz CT molecular complexity index is 632. The molecule has 0 aliphatic heterocycles. The first-order chi connectivity index (χ1) is 15.5.